The van der Waals surface area contributed by atoms with E-state index in [0.717, 1.165) is 0 Å². The molecule has 1 heterocycles. The minimum atomic E-state index is -0.0494. The zero-order valence-electron chi connectivity index (χ0n) is 6.42. The first-order chi connectivity index (χ1) is 5.24. The first-order valence-electron chi connectivity index (χ1n) is 3.63. The maximum atomic E-state index is 11.0. The van der Waals surface area contributed by atoms with Gasteiger partial charge in [0.25, 0.3) is 0 Å². The lowest BCUT2D eigenvalue weighted by atomic mass is 10.2. The molecule has 3 N–H and O–H groups in total. The average molecular weight is 155 g/mol. The Kier molecular flexibility index (Phi) is 2.48. The molecular weight excluding hydrogens is 142 g/mol. The van der Waals surface area contributed by atoms with Crippen LogP contribution >= 0.6 is 0 Å². The van der Waals surface area contributed by atoms with Crippen LogP contribution in [0, 0.1) is 0 Å². The van der Waals surface area contributed by atoms with E-state index in [1.165, 1.54) is 0 Å². The quantitative estimate of drug-likeness (QED) is 0.529. The molecule has 1 unspecified atom stereocenters. The van der Waals surface area contributed by atoms with Crippen LogP contribution in [0.25, 0.3) is 0 Å². The maximum absolute atomic E-state index is 11.0. The minimum Gasteiger partial charge on any atom is -0.336 e. The van der Waals surface area contributed by atoms with E-state index in [1.54, 1.807) is 11.0 Å². The Morgan fingerprint density at radius 1 is 1.91 bits per heavy atom. The molecule has 2 amide bonds. The van der Waals surface area contributed by atoms with E-state index >= 15 is 0 Å². The number of nitrogens with zero attached hydrogens (tertiary/aromatic N) is 1. The van der Waals surface area contributed by atoms with Gasteiger partial charge in [-0.25, -0.2) is 4.79 Å². The summed E-state index contributed by atoms with van der Waals surface area (Å²) >= 11 is 0. The molecule has 0 aromatic carbocycles. The standard InChI is InChI=1S/C7H13N3O/c1-2-3-10-5-6(8)4-9-7(10)11/h2,6H,1,3-5,8H2,(H,9,11). The number of nitrogens with two attached hydrogens (primary N) is 1. The van der Waals surface area contributed by atoms with E-state index in [9.17, 15) is 4.79 Å². The summed E-state index contributed by atoms with van der Waals surface area (Å²) in [5.74, 6) is 0. The molecule has 4 heteroatoms. The van der Waals surface area contributed by atoms with Gasteiger partial charge in [0, 0.05) is 25.7 Å². The van der Waals surface area contributed by atoms with Crippen LogP contribution in [0.5, 0.6) is 0 Å². The van der Waals surface area contributed by atoms with Crippen molar-refractivity contribution in [2.45, 2.75) is 6.04 Å². The van der Waals surface area contributed by atoms with Gasteiger partial charge in [-0.2, -0.15) is 0 Å². The number of amides is 2. The van der Waals surface area contributed by atoms with Crippen molar-refractivity contribution < 1.29 is 4.79 Å². The summed E-state index contributed by atoms with van der Waals surface area (Å²) in [7, 11) is 0. The van der Waals surface area contributed by atoms with Gasteiger partial charge in [0.1, 0.15) is 0 Å². The van der Waals surface area contributed by atoms with Crippen molar-refractivity contribution in [3.63, 3.8) is 0 Å². The zero-order chi connectivity index (χ0) is 8.27. The van der Waals surface area contributed by atoms with Crippen molar-refractivity contribution in [1.29, 1.82) is 0 Å². The van der Waals surface area contributed by atoms with Gasteiger partial charge in [-0.1, -0.05) is 6.08 Å². The molecule has 0 spiro atoms. The number of rotatable bonds is 2. The van der Waals surface area contributed by atoms with Crippen LogP contribution in [0.1, 0.15) is 0 Å². The Morgan fingerprint density at radius 2 is 2.64 bits per heavy atom. The van der Waals surface area contributed by atoms with Crippen LogP contribution in [0.4, 0.5) is 4.79 Å². The second-order valence-corrected chi connectivity index (χ2v) is 2.64. The van der Waals surface area contributed by atoms with E-state index in [-0.39, 0.29) is 12.1 Å². The van der Waals surface area contributed by atoms with Crippen molar-refractivity contribution in [3.8, 4) is 0 Å². The maximum Gasteiger partial charge on any atom is 0.317 e. The first kappa shape index (κ1) is 8.07. The predicted octanol–water partition coefficient (Wildman–Crippen LogP) is -0.475. The summed E-state index contributed by atoms with van der Waals surface area (Å²) in [4.78, 5) is 12.7. The van der Waals surface area contributed by atoms with Gasteiger partial charge < -0.3 is 16.0 Å². The van der Waals surface area contributed by atoms with Gasteiger partial charge in [0.2, 0.25) is 0 Å². The first-order valence-corrected chi connectivity index (χ1v) is 3.63. The minimum absolute atomic E-state index is 0.0487. The third kappa shape index (κ3) is 1.94. The molecule has 1 aliphatic rings. The summed E-state index contributed by atoms with van der Waals surface area (Å²) in [5.41, 5.74) is 5.63. The highest BCUT2D eigenvalue weighted by Gasteiger charge is 2.20. The molecule has 1 aliphatic heterocycles. The molecule has 0 aromatic heterocycles. The molecule has 0 bridgehead atoms. The Balaban J connectivity index is 2.46. The molecule has 1 fully saturated rings. The highest BCUT2D eigenvalue weighted by Crippen LogP contribution is 1.97. The fraction of sp³-hybridized carbons (Fsp3) is 0.571. The molecule has 1 atom stereocenters. The van der Waals surface area contributed by atoms with Gasteiger partial charge in [-0.15, -0.1) is 6.58 Å². The molecule has 1 saturated heterocycles. The summed E-state index contributed by atoms with van der Waals surface area (Å²) in [6, 6.07) is -0.000694. The SMILES string of the molecule is C=CCN1CC(N)CNC1=O. The number of nitrogens with one attached hydrogen (secondary N) is 1. The summed E-state index contributed by atoms with van der Waals surface area (Å²) in [6.45, 7) is 5.32. The van der Waals surface area contributed by atoms with Crippen LogP contribution < -0.4 is 11.1 Å². The van der Waals surface area contributed by atoms with Crippen molar-refractivity contribution in [1.82, 2.24) is 10.2 Å². The molecule has 1 rings (SSSR count). The lowest BCUT2D eigenvalue weighted by molar-refractivity contribution is 0.186. The van der Waals surface area contributed by atoms with Gasteiger partial charge in [0.05, 0.1) is 0 Å². The van der Waals surface area contributed by atoms with Crippen molar-refractivity contribution in [3.05, 3.63) is 12.7 Å². The van der Waals surface area contributed by atoms with Crippen LogP contribution in [-0.2, 0) is 0 Å². The largest absolute Gasteiger partial charge is 0.336 e. The molecule has 0 aromatic rings. The summed E-state index contributed by atoms with van der Waals surface area (Å²) in [5, 5.41) is 2.68. The topological polar surface area (TPSA) is 58.4 Å². The van der Waals surface area contributed by atoms with Gasteiger partial charge in [-0.3, -0.25) is 0 Å². The predicted molar refractivity (Wildman–Crippen MR) is 43.1 cm³/mol. The van der Waals surface area contributed by atoms with Crippen LogP contribution in [0.3, 0.4) is 0 Å². The van der Waals surface area contributed by atoms with E-state index in [1.807, 2.05) is 0 Å². The lowest BCUT2D eigenvalue weighted by Crippen LogP contribution is -2.56. The Bertz CT molecular complexity index is 169. The van der Waals surface area contributed by atoms with Crippen molar-refractivity contribution in [2.75, 3.05) is 19.6 Å². The Morgan fingerprint density at radius 3 is 3.27 bits per heavy atom. The fourth-order valence-corrected chi connectivity index (χ4v) is 1.07. The number of urea groups is 1. The summed E-state index contributed by atoms with van der Waals surface area (Å²) < 4.78 is 0. The number of hydrogen-bond donors (Lipinski definition) is 2. The van der Waals surface area contributed by atoms with Gasteiger partial charge >= 0.3 is 6.03 Å². The highest BCUT2D eigenvalue weighted by molar-refractivity contribution is 5.75. The van der Waals surface area contributed by atoms with Crippen molar-refractivity contribution >= 4 is 6.03 Å². The Labute approximate surface area is 66.0 Å². The molecule has 11 heavy (non-hydrogen) atoms. The number of carbonyl (C=O) groups is 1. The fourth-order valence-electron chi connectivity index (χ4n) is 1.07. The normalized spacial score (nSPS) is 24.6. The lowest BCUT2D eigenvalue weighted by Gasteiger charge is -2.30. The highest BCUT2D eigenvalue weighted by atomic mass is 16.2. The van der Waals surface area contributed by atoms with E-state index in [4.69, 9.17) is 5.73 Å². The summed E-state index contributed by atoms with van der Waals surface area (Å²) in [6.07, 6.45) is 1.69. The molecule has 0 saturated carbocycles. The van der Waals surface area contributed by atoms with Crippen LogP contribution in [-0.4, -0.2) is 36.6 Å². The molecule has 62 valence electrons. The van der Waals surface area contributed by atoms with Gasteiger partial charge in [-0.05, 0) is 0 Å². The molecule has 0 aliphatic carbocycles. The Hall–Kier alpha value is -1.03. The molecule has 0 radical (unpaired) electrons. The van der Waals surface area contributed by atoms with E-state index in [0.29, 0.717) is 19.6 Å². The number of carbonyl (C=O) groups excluding carboxylic acids is 1. The smallest absolute Gasteiger partial charge is 0.317 e. The van der Waals surface area contributed by atoms with Gasteiger partial charge in [0.15, 0.2) is 0 Å². The third-order valence-electron chi connectivity index (χ3n) is 1.61. The second-order valence-electron chi connectivity index (χ2n) is 2.64. The van der Waals surface area contributed by atoms with Crippen LogP contribution in [0.2, 0.25) is 0 Å². The second kappa shape index (κ2) is 3.39. The molecular formula is C7H13N3O. The van der Waals surface area contributed by atoms with Crippen LogP contribution in [0.15, 0.2) is 12.7 Å². The molecule has 4 nitrogen and oxygen atoms in total. The monoisotopic (exact) mass is 155 g/mol. The zero-order valence-corrected chi connectivity index (χ0v) is 6.42. The number of hydrogen-bond acceptors (Lipinski definition) is 2. The average Bonchev–Trinajstić information content (AvgIpc) is 1.98. The third-order valence-corrected chi connectivity index (χ3v) is 1.61. The van der Waals surface area contributed by atoms with E-state index < -0.39 is 0 Å². The van der Waals surface area contributed by atoms with E-state index in [2.05, 4.69) is 11.9 Å². The van der Waals surface area contributed by atoms with Crippen molar-refractivity contribution in [2.24, 2.45) is 5.73 Å².